The molecule has 0 spiro atoms. The van der Waals surface area contributed by atoms with Crippen LogP contribution in [0, 0.1) is 0 Å². The smallest absolute Gasteiger partial charge is 0.204 e. The lowest BCUT2D eigenvalue weighted by atomic mass is 10.1. The van der Waals surface area contributed by atoms with E-state index in [0.29, 0.717) is 0 Å². The highest BCUT2D eigenvalue weighted by atomic mass is 32.1. The lowest BCUT2D eigenvalue weighted by Gasteiger charge is -2.01. The third kappa shape index (κ3) is 3.67. The van der Waals surface area contributed by atoms with Crippen molar-refractivity contribution in [3.8, 4) is 0 Å². The first-order valence-electron chi connectivity index (χ1n) is 7.00. The van der Waals surface area contributed by atoms with Gasteiger partial charge in [-0.15, -0.1) is 0 Å². The number of anilines is 1. The van der Waals surface area contributed by atoms with E-state index in [1.54, 1.807) is 11.3 Å². The number of hydrazone groups is 1. The summed E-state index contributed by atoms with van der Waals surface area (Å²) >= 11 is 1.62. The van der Waals surface area contributed by atoms with Crippen molar-refractivity contribution in [2.24, 2.45) is 5.10 Å². The molecule has 0 aliphatic rings. The molecule has 0 amide bonds. The van der Waals surface area contributed by atoms with Crippen LogP contribution in [0.15, 0.2) is 59.7 Å². The third-order valence-electron chi connectivity index (χ3n) is 3.25. The van der Waals surface area contributed by atoms with E-state index in [0.717, 1.165) is 29.2 Å². The number of aryl methyl sites for hydroxylation is 1. The van der Waals surface area contributed by atoms with Crippen molar-refractivity contribution in [2.75, 3.05) is 5.43 Å². The molecule has 0 saturated carbocycles. The predicted octanol–water partition coefficient (Wildman–Crippen LogP) is 4.72. The van der Waals surface area contributed by atoms with E-state index in [1.807, 2.05) is 31.2 Å². The van der Waals surface area contributed by atoms with Gasteiger partial charge < -0.3 is 0 Å². The highest BCUT2D eigenvalue weighted by Crippen LogP contribution is 2.25. The number of hydrogen-bond donors (Lipinski definition) is 1. The van der Waals surface area contributed by atoms with Gasteiger partial charge in [0.1, 0.15) is 0 Å². The number of rotatable bonds is 5. The number of nitrogens with one attached hydrogen (secondary N) is 1. The van der Waals surface area contributed by atoms with Gasteiger partial charge in [-0.1, -0.05) is 53.8 Å². The van der Waals surface area contributed by atoms with Gasteiger partial charge in [0.05, 0.1) is 10.2 Å². The van der Waals surface area contributed by atoms with E-state index in [4.69, 9.17) is 0 Å². The van der Waals surface area contributed by atoms with Gasteiger partial charge in [-0.05, 0) is 37.5 Å². The molecule has 0 aliphatic heterocycles. The average molecular weight is 295 g/mol. The summed E-state index contributed by atoms with van der Waals surface area (Å²) in [5.41, 5.74) is 6.50. The maximum Gasteiger partial charge on any atom is 0.204 e. The second-order valence-electron chi connectivity index (χ2n) is 4.93. The molecule has 1 aromatic heterocycles. The van der Waals surface area contributed by atoms with Crippen LogP contribution in [0.5, 0.6) is 0 Å². The number of thiazole rings is 1. The van der Waals surface area contributed by atoms with Crippen molar-refractivity contribution in [2.45, 2.75) is 19.8 Å². The Labute approximate surface area is 128 Å². The molecule has 0 aliphatic carbocycles. The van der Waals surface area contributed by atoms with Crippen molar-refractivity contribution in [3.05, 3.63) is 60.2 Å². The van der Waals surface area contributed by atoms with E-state index in [-0.39, 0.29) is 0 Å². The fourth-order valence-corrected chi connectivity index (χ4v) is 2.90. The molecule has 21 heavy (non-hydrogen) atoms. The minimum absolute atomic E-state index is 0.843. The Morgan fingerprint density at radius 1 is 1.10 bits per heavy atom. The van der Waals surface area contributed by atoms with E-state index < -0.39 is 0 Å². The Morgan fingerprint density at radius 2 is 1.86 bits per heavy atom. The fourth-order valence-electron chi connectivity index (χ4n) is 2.09. The van der Waals surface area contributed by atoms with Gasteiger partial charge in [-0.3, -0.25) is 5.43 Å². The zero-order valence-corrected chi connectivity index (χ0v) is 12.7. The molecular formula is C17H17N3S. The Kier molecular flexibility index (Phi) is 4.26. The number of fused-ring (bicyclic) bond motifs is 1. The summed E-state index contributed by atoms with van der Waals surface area (Å²) < 4.78 is 1.18. The molecule has 3 rings (SSSR count). The van der Waals surface area contributed by atoms with Crippen LogP contribution in [0.2, 0.25) is 0 Å². The normalized spacial score (nSPS) is 11.8. The molecule has 2 aromatic carbocycles. The lowest BCUT2D eigenvalue weighted by molar-refractivity contribution is 1.02. The molecule has 1 N–H and O–H groups in total. The zero-order chi connectivity index (χ0) is 14.5. The van der Waals surface area contributed by atoms with Crippen molar-refractivity contribution in [3.63, 3.8) is 0 Å². The Bertz CT molecular complexity index is 714. The quantitative estimate of drug-likeness (QED) is 0.546. The molecule has 3 nitrogen and oxygen atoms in total. The Balaban J connectivity index is 1.59. The summed E-state index contributed by atoms with van der Waals surface area (Å²) in [4.78, 5) is 4.50. The predicted molar refractivity (Wildman–Crippen MR) is 91.1 cm³/mol. The molecule has 106 valence electrons. The summed E-state index contributed by atoms with van der Waals surface area (Å²) in [6.07, 6.45) is 1.96. The number of nitrogens with zero attached hydrogens (tertiary/aromatic N) is 2. The summed E-state index contributed by atoms with van der Waals surface area (Å²) in [5, 5.41) is 5.26. The number of para-hydroxylation sites is 1. The van der Waals surface area contributed by atoms with Gasteiger partial charge in [0.15, 0.2) is 0 Å². The second-order valence-corrected chi connectivity index (χ2v) is 5.96. The zero-order valence-electron chi connectivity index (χ0n) is 11.9. The van der Waals surface area contributed by atoms with E-state index in [1.165, 1.54) is 10.3 Å². The van der Waals surface area contributed by atoms with Crippen molar-refractivity contribution >= 4 is 32.4 Å². The molecule has 3 aromatic rings. The van der Waals surface area contributed by atoms with Crippen LogP contribution in [0.3, 0.4) is 0 Å². The average Bonchev–Trinajstić information content (AvgIpc) is 2.95. The van der Waals surface area contributed by atoms with Gasteiger partial charge in [-0.2, -0.15) is 5.10 Å². The SMILES string of the molecule is C/C(CCc1ccccc1)=N/Nc1nc2ccccc2s1. The van der Waals surface area contributed by atoms with Crippen LogP contribution < -0.4 is 5.43 Å². The Hall–Kier alpha value is -2.20. The Morgan fingerprint density at radius 3 is 2.67 bits per heavy atom. The first kappa shape index (κ1) is 13.8. The van der Waals surface area contributed by atoms with Crippen LogP contribution in [0.4, 0.5) is 5.13 Å². The largest absolute Gasteiger partial charge is 0.253 e. The monoisotopic (exact) mass is 295 g/mol. The van der Waals surface area contributed by atoms with Gasteiger partial charge >= 0.3 is 0 Å². The standard InChI is InChI=1S/C17H17N3S/c1-13(11-12-14-7-3-2-4-8-14)19-20-17-18-15-9-5-6-10-16(15)21-17/h2-10H,11-12H2,1H3,(H,18,20)/b19-13-. The van der Waals surface area contributed by atoms with Crippen molar-refractivity contribution in [1.82, 2.24) is 4.98 Å². The number of hydrogen-bond acceptors (Lipinski definition) is 4. The third-order valence-corrected chi connectivity index (χ3v) is 4.20. The summed E-state index contributed by atoms with van der Waals surface area (Å²) in [6.45, 7) is 2.04. The minimum Gasteiger partial charge on any atom is -0.253 e. The molecule has 0 atom stereocenters. The van der Waals surface area contributed by atoms with Crippen LogP contribution >= 0.6 is 11.3 Å². The summed E-state index contributed by atoms with van der Waals surface area (Å²) in [7, 11) is 0. The molecule has 0 unspecified atom stereocenters. The first-order chi connectivity index (χ1) is 10.3. The van der Waals surface area contributed by atoms with Gasteiger partial charge in [0.2, 0.25) is 5.13 Å². The van der Waals surface area contributed by atoms with E-state index in [9.17, 15) is 0 Å². The molecule has 0 bridgehead atoms. The second kappa shape index (κ2) is 6.50. The molecule has 0 radical (unpaired) electrons. The van der Waals surface area contributed by atoms with E-state index >= 15 is 0 Å². The maximum absolute atomic E-state index is 4.50. The highest BCUT2D eigenvalue weighted by Gasteiger charge is 2.01. The van der Waals surface area contributed by atoms with Crippen LogP contribution in [0.25, 0.3) is 10.2 Å². The molecule has 1 heterocycles. The summed E-state index contributed by atoms with van der Waals surface area (Å²) in [5.74, 6) is 0. The highest BCUT2D eigenvalue weighted by molar-refractivity contribution is 7.22. The fraction of sp³-hybridized carbons (Fsp3) is 0.176. The van der Waals surface area contributed by atoms with Crippen molar-refractivity contribution in [1.29, 1.82) is 0 Å². The van der Waals surface area contributed by atoms with Gasteiger partial charge in [0, 0.05) is 5.71 Å². The number of benzene rings is 2. The summed E-state index contributed by atoms with van der Waals surface area (Å²) in [6, 6.07) is 18.6. The maximum atomic E-state index is 4.50. The number of aromatic nitrogens is 1. The first-order valence-corrected chi connectivity index (χ1v) is 7.81. The van der Waals surface area contributed by atoms with Crippen LogP contribution in [-0.2, 0) is 6.42 Å². The molecule has 0 saturated heterocycles. The molecular weight excluding hydrogens is 278 g/mol. The lowest BCUT2D eigenvalue weighted by Crippen LogP contribution is -1.99. The molecule has 4 heteroatoms. The van der Waals surface area contributed by atoms with Crippen LogP contribution in [-0.4, -0.2) is 10.7 Å². The van der Waals surface area contributed by atoms with Gasteiger partial charge in [-0.25, -0.2) is 4.98 Å². The minimum atomic E-state index is 0.843. The molecule has 0 fully saturated rings. The van der Waals surface area contributed by atoms with Crippen molar-refractivity contribution < 1.29 is 0 Å². The van der Waals surface area contributed by atoms with Gasteiger partial charge in [0.25, 0.3) is 0 Å². The topological polar surface area (TPSA) is 37.3 Å². The van der Waals surface area contributed by atoms with Crippen LogP contribution in [0.1, 0.15) is 18.9 Å². The van der Waals surface area contributed by atoms with E-state index in [2.05, 4.69) is 45.8 Å².